The van der Waals surface area contributed by atoms with Gasteiger partial charge in [-0.15, -0.1) is 0 Å². The van der Waals surface area contributed by atoms with E-state index in [0.29, 0.717) is 17.9 Å². The van der Waals surface area contributed by atoms with Crippen molar-refractivity contribution in [2.75, 3.05) is 23.7 Å². The quantitative estimate of drug-likeness (QED) is 0.338. The number of halogens is 1. The molecule has 3 aromatic rings. The van der Waals surface area contributed by atoms with Crippen LogP contribution in [-0.4, -0.2) is 56.1 Å². The molecule has 0 saturated heterocycles. The number of amides is 2. The Kier molecular flexibility index (Phi) is 10.5. The molecule has 3 rings (SSSR count). The van der Waals surface area contributed by atoms with Crippen LogP contribution in [0.5, 0.6) is 5.75 Å². The van der Waals surface area contributed by atoms with Crippen LogP contribution in [-0.2, 0) is 32.6 Å². The molecule has 0 aliphatic heterocycles. The molecule has 0 aromatic heterocycles. The van der Waals surface area contributed by atoms with Gasteiger partial charge in [-0.05, 0) is 63.1 Å². The zero-order valence-electron chi connectivity index (χ0n) is 24.1. The van der Waals surface area contributed by atoms with Crippen LogP contribution in [0.3, 0.4) is 0 Å². The van der Waals surface area contributed by atoms with E-state index in [4.69, 9.17) is 4.74 Å². The van der Waals surface area contributed by atoms with E-state index in [1.165, 1.54) is 29.2 Å². The fraction of sp³-hybridized carbons (Fsp3) is 0.355. The smallest absolute Gasteiger partial charge is 0.244 e. The predicted molar refractivity (Wildman–Crippen MR) is 159 cm³/mol. The molecule has 0 fully saturated rings. The van der Waals surface area contributed by atoms with Crippen molar-refractivity contribution in [3.05, 3.63) is 95.8 Å². The molecule has 220 valence electrons. The van der Waals surface area contributed by atoms with E-state index >= 15 is 0 Å². The summed E-state index contributed by atoms with van der Waals surface area (Å²) in [7, 11) is -3.94. The van der Waals surface area contributed by atoms with Gasteiger partial charge >= 0.3 is 0 Å². The largest absolute Gasteiger partial charge is 0.492 e. The molecule has 0 aliphatic rings. The Hall–Kier alpha value is -3.92. The SMILES string of the molecule is CCOc1ccccc1N(CC(=O)N(Cc1ccc(F)cc1)C(Cc1ccccc1)C(=O)NC(C)(C)C)S(C)(=O)=O. The molecule has 10 heteroatoms. The van der Waals surface area contributed by atoms with Crippen LogP contribution in [0.1, 0.15) is 38.8 Å². The van der Waals surface area contributed by atoms with Crippen molar-refractivity contribution in [1.29, 1.82) is 0 Å². The number of sulfonamides is 1. The third kappa shape index (κ3) is 9.31. The molecule has 8 nitrogen and oxygen atoms in total. The van der Waals surface area contributed by atoms with Gasteiger partial charge in [0.25, 0.3) is 0 Å². The summed E-state index contributed by atoms with van der Waals surface area (Å²) >= 11 is 0. The van der Waals surface area contributed by atoms with Gasteiger partial charge in [0.2, 0.25) is 21.8 Å². The number of ether oxygens (including phenoxy) is 1. The normalized spacial score (nSPS) is 12.3. The van der Waals surface area contributed by atoms with Crippen LogP contribution in [0.25, 0.3) is 0 Å². The molecule has 2 amide bonds. The number of benzene rings is 3. The number of nitrogens with zero attached hydrogens (tertiary/aromatic N) is 2. The average Bonchev–Trinajstić information content (AvgIpc) is 2.90. The Morgan fingerprint density at radius 2 is 1.54 bits per heavy atom. The van der Waals surface area contributed by atoms with Crippen molar-refractivity contribution in [2.24, 2.45) is 0 Å². The van der Waals surface area contributed by atoms with Gasteiger partial charge < -0.3 is 15.0 Å². The van der Waals surface area contributed by atoms with Crippen LogP contribution in [0.15, 0.2) is 78.9 Å². The van der Waals surface area contributed by atoms with Gasteiger partial charge in [-0.25, -0.2) is 12.8 Å². The summed E-state index contributed by atoms with van der Waals surface area (Å²) in [4.78, 5) is 29.2. The number of hydrogen-bond acceptors (Lipinski definition) is 5. The second-order valence-electron chi connectivity index (χ2n) is 10.8. The molecular formula is C31H38FN3O5S. The summed E-state index contributed by atoms with van der Waals surface area (Å²) in [6.07, 6.45) is 1.20. The van der Waals surface area contributed by atoms with Crippen LogP contribution in [0.4, 0.5) is 10.1 Å². The van der Waals surface area contributed by atoms with Crippen molar-refractivity contribution in [3.63, 3.8) is 0 Å². The molecule has 0 heterocycles. The zero-order chi connectivity index (χ0) is 30.2. The molecule has 1 atom stereocenters. The molecule has 0 saturated carbocycles. The Labute approximate surface area is 242 Å². The highest BCUT2D eigenvalue weighted by atomic mass is 32.2. The van der Waals surface area contributed by atoms with E-state index in [1.807, 2.05) is 51.1 Å². The first-order valence-electron chi connectivity index (χ1n) is 13.4. The van der Waals surface area contributed by atoms with E-state index in [9.17, 15) is 22.4 Å². The Balaban J connectivity index is 2.09. The first kappa shape index (κ1) is 31.6. The van der Waals surface area contributed by atoms with Crippen molar-refractivity contribution in [3.8, 4) is 5.75 Å². The van der Waals surface area contributed by atoms with E-state index in [1.54, 1.807) is 31.2 Å². The highest BCUT2D eigenvalue weighted by Crippen LogP contribution is 2.30. The fourth-order valence-corrected chi connectivity index (χ4v) is 5.18. The molecule has 0 bridgehead atoms. The first-order chi connectivity index (χ1) is 19.3. The van der Waals surface area contributed by atoms with E-state index in [2.05, 4.69) is 5.32 Å². The van der Waals surface area contributed by atoms with Crippen LogP contribution < -0.4 is 14.4 Å². The maximum atomic E-state index is 14.1. The summed E-state index contributed by atoms with van der Waals surface area (Å²) < 4.78 is 46.3. The molecule has 3 aromatic carbocycles. The summed E-state index contributed by atoms with van der Waals surface area (Å²) in [5.41, 5.74) is 1.03. The summed E-state index contributed by atoms with van der Waals surface area (Å²) in [6, 6.07) is 20.5. The maximum absolute atomic E-state index is 14.1. The number of carbonyl (C=O) groups is 2. The lowest BCUT2D eigenvalue weighted by molar-refractivity contribution is -0.140. The third-order valence-corrected chi connectivity index (χ3v) is 7.27. The number of rotatable bonds is 12. The molecular weight excluding hydrogens is 545 g/mol. The van der Waals surface area contributed by atoms with Crippen molar-refractivity contribution >= 4 is 27.5 Å². The monoisotopic (exact) mass is 583 g/mol. The van der Waals surface area contributed by atoms with E-state index in [0.717, 1.165) is 16.1 Å². The molecule has 0 spiro atoms. The summed E-state index contributed by atoms with van der Waals surface area (Å²) in [5.74, 6) is -1.12. The number of anilines is 1. The third-order valence-electron chi connectivity index (χ3n) is 6.15. The van der Waals surface area contributed by atoms with Crippen LogP contribution in [0, 0.1) is 5.82 Å². The van der Waals surface area contributed by atoms with Gasteiger partial charge in [-0.2, -0.15) is 0 Å². The van der Waals surface area contributed by atoms with E-state index in [-0.39, 0.29) is 18.7 Å². The van der Waals surface area contributed by atoms with Crippen molar-refractivity contribution in [1.82, 2.24) is 10.2 Å². The zero-order valence-corrected chi connectivity index (χ0v) is 24.9. The highest BCUT2D eigenvalue weighted by Gasteiger charge is 2.34. The minimum Gasteiger partial charge on any atom is -0.492 e. The minimum atomic E-state index is -3.94. The van der Waals surface area contributed by atoms with Crippen molar-refractivity contribution in [2.45, 2.75) is 52.2 Å². The van der Waals surface area contributed by atoms with Gasteiger partial charge in [0.1, 0.15) is 24.2 Å². The van der Waals surface area contributed by atoms with E-state index < -0.39 is 45.8 Å². The fourth-order valence-electron chi connectivity index (χ4n) is 4.33. The Bertz CT molecular complexity index is 1420. The highest BCUT2D eigenvalue weighted by molar-refractivity contribution is 7.92. The molecule has 1 N–H and O–H groups in total. The topological polar surface area (TPSA) is 96.0 Å². The number of carbonyl (C=O) groups excluding carboxylic acids is 2. The Morgan fingerprint density at radius 3 is 2.12 bits per heavy atom. The number of hydrogen-bond donors (Lipinski definition) is 1. The second kappa shape index (κ2) is 13.6. The molecule has 41 heavy (non-hydrogen) atoms. The minimum absolute atomic E-state index is 0.0428. The molecule has 0 aliphatic carbocycles. The van der Waals surface area contributed by atoms with Gasteiger partial charge in [-0.1, -0.05) is 54.6 Å². The van der Waals surface area contributed by atoms with Gasteiger partial charge in [-0.3, -0.25) is 13.9 Å². The van der Waals surface area contributed by atoms with Gasteiger partial charge in [0.15, 0.2) is 0 Å². The van der Waals surface area contributed by atoms with Crippen LogP contribution in [0.2, 0.25) is 0 Å². The maximum Gasteiger partial charge on any atom is 0.244 e. The summed E-state index contributed by atoms with van der Waals surface area (Å²) in [5, 5.41) is 2.97. The molecule has 0 radical (unpaired) electrons. The lowest BCUT2D eigenvalue weighted by atomic mass is 10.0. The predicted octanol–water partition coefficient (Wildman–Crippen LogP) is 4.55. The Morgan fingerprint density at radius 1 is 0.927 bits per heavy atom. The summed E-state index contributed by atoms with van der Waals surface area (Å²) in [6.45, 7) is 6.98. The lowest BCUT2D eigenvalue weighted by Crippen LogP contribution is -2.56. The van der Waals surface area contributed by atoms with Crippen LogP contribution >= 0.6 is 0 Å². The standard InChI is InChI=1S/C31H38FN3O5S/c1-6-40-28-15-11-10-14-26(28)35(41(5,38)39)22-29(36)34(21-24-16-18-25(32)19-17-24)27(30(37)33-31(2,3)4)20-23-12-8-7-9-13-23/h7-19,27H,6,20-22H2,1-5H3,(H,33,37). The number of para-hydroxylation sites is 2. The molecule has 1 unspecified atom stereocenters. The first-order valence-corrected chi connectivity index (χ1v) is 15.2. The average molecular weight is 584 g/mol. The van der Waals surface area contributed by atoms with Crippen molar-refractivity contribution < 1.29 is 27.1 Å². The number of nitrogens with one attached hydrogen (secondary N) is 1. The van der Waals surface area contributed by atoms with Gasteiger partial charge in [0, 0.05) is 18.5 Å². The second-order valence-corrected chi connectivity index (χ2v) is 12.7. The lowest BCUT2D eigenvalue weighted by Gasteiger charge is -2.35. The van der Waals surface area contributed by atoms with Gasteiger partial charge in [0.05, 0.1) is 18.6 Å².